The van der Waals surface area contributed by atoms with Gasteiger partial charge in [-0.15, -0.1) is 15.7 Å². The number of carbonyl (C=O) groups excluding carboxylic acids is 1. The summed E-state index contributed by atoms with van der Waals surface area (Å²) in [6, 6.07) is 3.37. The van der Waals surface area contributed by atoms with Crippen molar-refractivity contribution in [2.24, 2.45) is 9.50 Å². The monoisotopic (exact) mass is 422 g/mol. The van der Waals surface area contributed by atoms with E-state index >= 15 is 0 Å². The summed E-state index contributed by atoms with van der Waals surface area (Å²) in [5.41, 5.74) is 3.07. The molecule has 0 bridgehead atoms. The zero-order valence-electron chi connectivity index (χ0n) is 16.5. The van der Waals surface area contributed by atoms with Crippen LogP contribution in [-0.4, -0.2) is 20.3 Å². The van der Waals surface area contributed by atoms with Crippen molar-refractivity contribution in [3.05, 3.63) is 40.0 Å². The van der Waals surface area contributed by atoms with Crippen LogP contribution in [-0.2, 0) is 28.4 Å². The van der Waals surface area contributed by atoms with Crippen molar-refractivity contribution in [3.63, 3.8) is 0 Å². The molecule has 1 unspecified atom stereocenters. The maximum absolute atomic E-state index is 12.8. The van der Waals surface area contributed by atoms with Gasteiger partial charge in [0.15, 0.2) is 9.92 Å². The molecule has 1 aliphatic carbocycles. The molecule has 152 valence electrons. The number of hydrogen-bond donors (Lipinski definition) is 3. The Morgan fingerprint density at radius 1 is 1.36 bits per heavy atom. The van der Waals surface area contributed by atoms with E-state index in [-0.39, 0.29) is 10.1 Å². The molecule has 0 radical (unpaired) electrons. The Morgan fingerprint density at radius 2 is 2.00 bits per heavy atom. The maximum atomic E-state index is 12.8. The topological polar surface area (TPSA) is 118 Å². The van der Waals surface area contributed by atoms with E-state index in [1.165, 1.54) is 17.3 Å². The summed E-state index contributed by atoms with van der Waals surface area (Å²) in [6.07, 6.45) is 4.45. The fourth-order valence-corrected chi connectivity index (χ4v) is 5.28. The number of aliphatic hydroxyl groups is 1. The van der Waals surface area contributed by atoms with Crippen LogP contribution in [0, 0.1) is 0 Å². The van der Waals surface area contributed by atoms with Gasteiger partial charge in [0, 0.05) is 5.69 Å². The number of hydrogen-bond acceptors (Lipinski definition) is 5. The van der Waals surface area contributed by atoms with Crippen molar-refractivity contribution in [3.8, 4) is 0 Å². The second-order valence-corrected chi connectivity index (χ2v) is 10.9. The lowest BCUT2D eigenvalue weighted by Gasteiger charge is -2.15. The lowest BCUT2D eigenvalue weighted by atomic mass is 9.96. The van der Waals surface area contributed by atoms with Gasteiger partial charge in [-0.25, -0.2) is 19.1 Å². The number of thiazole rings is 1. The van der Waals surface area contributed by atoms with Crippen LogP contribution < -0.4 is 10.5 Å². The minimum atomic E-state index is -3.46. The van der Waals surface area contributed by atoms with Gasteiger partial charge in [0.05, 0.1) is 6.20 Å². The predicted octanol–water partition coefficient (Wildman–Crippen LogP) is 3.92. The van der Waals surface area contributed by atoms with Gasteiger partial charge in [0.25, 0.3) is 0 Å². The Kier molecular flexibility index (Phi) is 5.64. The molecule has 2 amide bonds. The van der Waals surface area contributed by atoms with E-state index in [0.717, 1.165) is 36.2 Å². The highest BCUT2D eigenvalue weighted by atomic mass is 32.2. The summed E-state index contributed by atoms with van der Waals surface area (Å²) in [6.45, 7) is 7.26. The van der Waals surface area contributed by atoms with Gasteiger partial charge in [-0.3, -0.25) is 0 Å². The fourth-order valence-electron chi connectivity index (χ4n) is 3.21. The molecule has 0 saturated carbocycles. The van der Waals surface area contributed by atoms with E-state index in [9.17, 15) is 14.1 Å². The van der Waals surface area contributed by atoms with Crippen LogP contribution in [0.3, 0.4) is 0 Å². The van der Waals surface area contributed by atoms with E-state index in [0.29, 0.717) is 10.7 Å². The third-order valence-electron chi connectivity index (χ3n) is 4.64. The van der Waals surface area contributed by atoms with Crippen LogP contribution in [0.1, 0.15) is 61.7 Å². The summed E-state index contributed by atoms with van der Waals surface area (Å²) in [5.74, 6) is 0.222. The number of nitrogens with two attached hydrogens (primary N) is 1. The first-order valence-electron chi connectivity index (χ1n) is 9.17. The standard InChI is InChI=1S/C19H26N4O3S2/c1-11(2)14-8-12-6-5-7-13(12)9-15(14)22-18(24)23-28(20,26)16-10-21-17(27-16)19(3,4)25/h8-11,25H,5-7H2,1-4H3,(H3,20,22,23,24,26). The lowest BCUT2D eigenvalue weighted by molar-refractivity contribution is 0.0783. The summed E-state index contributed by atoms with van der Waals surface area (Å²) in [4.78, 5) is 16.5. The molecule has 0 fully saturated rings. The average molecular weight is 423 g/mol. The minimum absolute atomic E-state index is 0.151. The van der Waals surface area contributed by atoms with E-state index in [4.69, 9.17) is 5.14 Å². The number of anilines is 1. The highest BCUT2D eigenvalue weighted by Gasteiger charge is 2.24. The summed E-state index contributed by atoms with van der Waals surface area (Å²) in [7, 11) is -3.46. The summed E-state index contributed by atoms with van der Waals surface area (Å²) in [5, 5.41) is 18.9. The third kappa shape index (κ3) is 4.43. The number of nitrogens with one attached hydrogen (secondary N) is 1. The Bertz CT molecular complexity index is 1030. The maximum Gasteiger partial charge on any atom is 0.354 e. The van der Waals surface area contributed by atoms with E-state index < -0.39 is 21.5 Å². The number of urea groups is 1. The zero-order chi connectivity index (χ0) is 20.7. The molecule has 2 aromatic rings. The van der Waals surface area contributed by atoms with Crippen LogP contribution in [0.15, 0.2) is 26.9 Å². The number of rotatable bonds is 4. The summed E-state index contributed by atoms with van der Waals surface area (Å²) >= 11 is 0.984. The average Bonchev–Trinajstić information content (AvgIpc) is 3.22. The molecular formula is C19H26N4O3S2. The first-order chi connectivity index (χ1) is 13.0. The van der Waals surface area contributed by atoms with E-state index in [1.54, 1.807) is 13.8 Å². The second kappa shape index (κ2) is 7.55. The molecule has 4 N–H and O–H groups in total. The van der Waals surface area contributed by atoms with Crippen LogP contribution in [0.2, 0.25) is 0 Å². The highest BCUT2D eigenvalue weighted by Crippen LogP contribution is 2.33. The first kappa shape index (κ1) is 20.9. The normalized spacial score (nSPS) is 16.0. The zero-order valence-corrected chi connectivity index (χ0v) is 18.1. The molecule has 1 aromatic heterocycles. The molecule has 1 atom stereocenters. The van der Waals surface area contributed by atoms with Gasteiger partial charge in [-0.1, -0.05) is 19.9 Å². The molecule has 1 aromatic carbocycles. The van der Waals surface area contributed by atoms with Gasteiger partial charge in [0.1, 0.15) is 14.8 Å². The number of benzene rings is 1. The molecule has 1 aliphatic rings. The van der Waals surface area contributed by atoms with Crippen molar-refractivity contribution < 1.29 is 14.1 Å². The number of fused-ring (bicyclic) bond motifs is 1. The van der Waals surface area contributed by atoms with Gasteiger partial charge < -0.3 is 10.4 Å². The Labute approximate surface area is 169 Å². The molecule has 7 nitrogen and oxygen atoms in total. The fraction of sp³-hybridized carbons (Fsp3) is 0.474. The molecule has 1 heterocycles. The Balaban J connectivity index is 1.89. The van der Waals surface area contributed by atoms with E-state index in [1.807, 2.05) is 6.07 Å². The highest BCUT2D eigenvalue weighted by molar-refractivity contribution is 7.93. The number of nitrogens with zero attached hydrogens (tertiary/aromatic N) is 2. The second-order valence-electron chi connectivity index (χ2n) is 7.85. The molecular weight excluding hydrogens is 396 g/mol. The number of aryl methyl sites for hydroxylation is 2. The number of amides is 2. The number of carbonyl (C=O) groups is 1. The van der Waals surface area contributed by atoms with Crippen LogP contribution in [0.25, 0.3) is 0 Å². The first-order valence-corrected chi connectivity index (χ1v) is 11.6. The largest absolute Gasteiger partial charge is 0.383 e. The summed E-state index contributed by atoms with van der Waals surface area (Å²) < 4.78 is 16.6. The third-order valence-corrected chi connectivity index (χ3v) is 7.83. The molecule has 28 heavy (non-hydrogen) atoms. The molecule has 3 rings (SSSR count). The van der Waals surface area contributed by atoms with Gasteiger partial charge in [-0.2, -0.15) is 0 Å². The van der Waals surface area contributed by atoms with Gasteiger partial charge >= 0.3 is 6.03 Å². The van der Waals surface area contributed by atoms with Crippen molar-refractivity contribution in [2.45, 2.75) is 62.7 Å². The Hall–Kier alpha value is -1.81. The van der Waals surface area contributed by atoms with Crippen molar-refractivity contribution in [2.75, 3.05) is 5.32 Å². The lowest BCUT2D eigenvalue weighted by Crippen LogP contribution is -2.17. The van der Waals surface area contributed by atoms with Crippen LogP contribution in [0.4, 0.5) is 10.5 Å². The van der Waals surface area contributed by atoms with Crippen molar-refractivity contribution in [1.29, 1.82) is 0 Å². The quantitative estimate of drug-likeness (QED) is 0.692. The SMILES string of the molecule is CC(C)c1cc2c(cc1NC(=O)N=S(N)(=O)c1cnc(C(C)(C)O)s1)CCC2. The smallest absolute Gasteiger partial charge is 0.354 e. The molecule has 9 heteroatoms. The molecule has 0 saturated heterocycles. The molecule has 0 aliphatic heterocycles. The van der Waals surface area contributed by atoms with E-state index in [2.05, 4.69) is 34.6 Å². The number of aromatic nitrogens is 1. The Morgan fingerprint density at radius 3 is 2.57 bits per heavy atom. The van der Waals surface area contributed by atoms with Crippen molar-refractivity contribution >= 4 is 33.0 Å². The van der Waals surface area contributed by atoms with Gasteiger partial charge in [0.2, 0.25) is 0 Å². The minimum Gasteiger partial charge on any atom is -0.383 e. The molecule has 0 spiro atoms. The van der Waals surface area contributed by atoms with Crippen LogP contribution >= 0.6 is 11.3 Å². The van der Waals surface area contributed by atoms with Crippen LogP contribution in [0.5, 0.6) is 0 Å². The van der Waals surface area contributed by atoms with Gasteiger partial charge in [-0.05, 0) is 61.8 Å². The van der Waals surface area contributed by atoms with Crippen molar-refractivity contribution in [1.82, 2.24) is 4.98 Å². The predicted molar refractivity (Wildman–Crippen MR) is 112 cm³/mol.